The van der Waals surface area contributed by atoms with Gasteiger partial charge in [-0.05, 0) is 71.5 Å². The molecular formula is C24H27FN6O2. The van der Waals surface area contributed by atoms with Gasteiger partial charge in [0.1, 0.15) is 5.82 Å². The highest BCUT2D eigenvalue weighted by Crippen LogP contribution is 2.19. The minimum absolute atomic E-state index is 0.0451. The van der Waals surface area contributed by atoms with Crippen molar-refractivity contribution in [3.63, 3.8) is 0 Å². The lowest BCUT2D eigenvalue weighted by molar-refractivity contribution is 0.206. The van der Waals surface area contributed by atoms with Crippen molar-refractivity contribution >= 4 is 10.9 Å². The summed E-state index contributed by atoms with van der Waals surface area (Å²) in [5.74, 6) is 0.332. The molecule has 9 heteroatoms. The van der Waals surface area contributed by atoms with Crippen molar-refractivity contribution in [1.82, 2.24) is 30.1 Å². The molecule has 2 heterocycles. The highest BCUT2D eigenvalue weighted by Gasteiger charge is 2.16. The third-order valence-corrected chi connectivity index (χ3v) is 5.61. The fourth-order valence-electron chi connectivity index (χ4n) is 4.02. The monoisotopic (exact) mass is 450 g/mol. The van der Waals surface area contributed by atoms with Crippen LogP contribution in [0.1, 0.15) is 34.5 Å². The zero-order valence-corrected chi connectivity index (χ0v) is 18.8. The molecule has 0 fully saturated rings. The normalized spacial score (nSPS) is 11.5. The van der Waals surface area contributed by atoms with Crippen LogP contribution in [0.5, 0.6) is 0 Å². The van der Waals surface area contributed by atoms with Crippen molar-refractivity contribution < 1.29 is 9.50 Å². The van der Waals surface area contributed by atoms with Crippen molar-refractivity contribution in [2.45, 2.75) is 39.9 Å². The summed E-state index contributed by atoms with van der Waals surface area (Å²) in [4.78, 5) is 17.9. The fourth-order valence-corrected chi connectivity index (χ4v) is 4.02. The number of hydrogen-bond acceptors (Lipinski definition) is 6. The Morgan fingerprint density at radius 3 is 2.67 bits per heavy atom. The number of fused-ring (bicyclic) bond motifs is 1. The Bertz CT molecular complexity index is 1300. The molecule has 0 radical (unpaired) electrons. The number of tetrazole rings is 1. The molecule has 0 bridgehead atoms. The topological polar surface area (TPSA) is 99.9 Å². The molecule has 0 unspecified atom stereocenters. The molecule has 0 amide bonds. The number of halogens is 1. The van der Waals surface area contributed by atoms with Gasteiger partial charge in [0.25, 0.3) is 5.56 Å². The van der Waals surface area contributed by atoms with Crippen LogP contribution in [0.15, 0.2) is 47.3 Å². The summed E-state index contributed by atoms with van der Waals surface area (Å²) < 4.78 is 14.9. The number of nitrogens with one attached hydrogen (secondary N) is 1. The first-order chi connectivity index (χ1) is 15.9. The minimum Gasteiger partial charge on any atom is -0.396 e. The third kappa shape index (κ3) is 5.50. The number of pyridine rings is 1. The van der Waals surface area contributed by atoms with Gasteiger partial charge in [0.05, 0.1) is 18.6 Å². The van der Waals surface area contributed by atoms with Gasteiger partial charge in [0.2, 0.25) is 0 Å². The van der Waals surface area contributed by atoms with Crippen LogP contribution in [0.25, 0.3) is 10.9 Å². The zero-order chi connectivity index (χ0) is 23.4. The summed E-state index contributed by atoms with van der Waals surface area (Å²) in [5.41, 5.74) is 4.40. The maximum atomic E-state index is 13.2. The van der Waals surface area contributed by atoms with E-state index in [2.05, 4.69) is 26.6 Å². The van der Waals surface area contributed by atoms with E-state index in [-0.39, 0.29) is 18.0 Å². The lowest BCUT2D eigenvalue weighted by atomic mass is 10.1. The Hall–Kier alpha value is -3.43. The lowest BCUT2D eigenvalue weighted by Crippen LogP contribution is -2.29. The molecule has 33 heavy (non-hydrogen) atoms. The molecule has 0 aliphatic rings. The van der Waals surface area contributed by atoms with Crippen molar-refractivity contribution in [2.24, 2.45) is 0 Å². The average Bonchev–Trinajstić information content (AvgIpc) is 3.21. The molecular weight excluding hydrogens is 423 g/mol. The number of aliphatic hydroxyl groups is 1. The zero-order valence-electron chi connectivity index (χ0n) is 18.8. The van der Waals surface area contributed by atoms with Crippen molar-refractivity contribution in [3.05, 3.63) is 86.7 Å². The summed E-state index contributed by atoms with van der Waals surface area (Å²) >= 11 is 0. The number of rotatable bonds is 9. The lowest BCUT2D eigenvalue weighted by Gasteiger charge is -2.21. The van der Waals surface area contributed by atoms with E-state index < -0.39 is 0 Å². The number of nitrogens with zero attached hydrogens (tertiary/aromatic N) is 5. The number of aliphatic hydroxyl groups excluding tert-OH is 1. The van der Waals surface area contributed by atoms with E-state index in [1.165, 1.54) is 12.1 Å². The summed E-state index contributed by atoms with van der Waals surface area (Å²) in [6.45, 7) is 5.84. The number of aromatic amines is 1. The molecule has 0 atom stereocenters. The number of H-pyrrole nitrogens is 1. The molecule has 172 valence electrons. The first-order valence-electron chi connectivity index (χ1n) is 10.9. The Labute approximate surface area is 190 Å². The van der Waals surface area contributed by atoms with Gasteiger partial charge in [-0.2, -0.15) is 0 Å². The first kappa shape index (κ1) is 22.8. The van der Waals surface area contributed by atoms with E-state index in [9.17, 15) is 14.3 Å². The summed E-state index contributed by atoms with van der Waals surface area (Å²) in [5, 5.41) is 22.4. The molecule has 2 aromatic carbocycles. The largest absolute Gasteiger partial charge is 0.396 e. The van der Waals surface area contributed by atoms with Gasteiger partial charge in [-0.25, -0.2) is 9.07 Å². The summed E-state index contributed by atoms with van der Waals surface area (Å²) in [6.07, 6.45) is 0.559. The molecule has 2 N–H and O–H groups in total. The first-order valence-corrected chi connectivity index (χ1v) is 10.9. The second-order valence-electron chi connectivity index (χ2n) is 8.34. The molecule has 0 aliphatic heterocycles. The number of benzene rings is 2. The molecule has 4 aromatic rings. The smallest absolute Gasteiger partial charge is 0.252 e. The number of aromatic nitrogens is 5. The van der Waals surface area contributed by atoms with Crippen molar-refractivity contribution in [2.75, 3.05) is 13.2 Å². The van der Waals surface area contributed by atoms with Crippen LogP contribution in [-0.4, -0.2) is 48.3 Å². The minimum atomic E-state index is -0.295. The molecule has 8 nitrogen and oxygen atoms in total. The molecule has 0 saturated heterocycles. The van der Waals surface area contributed by atoms with E-state index in [1.807, 2.05) is 30.9 Å². The maximum Gasteiger partial charge on any atom is 0.252 e. The summed E-state index contributed by atoms with van der Waals surface area (Å²) in [6, 6.07) is 12.2. The van der Waals surface area contributed by atoms with Gasteiger partial charge >= 0.3 is 0 Å². The van der Waals surface area contributed by atoms with Gasteiger partial charge < -0.3 is 10.1 Å². The predicted molar refractivity (Wildman–Crippen MR) is 123 cm³/mol. The molecule has 0 aliphatic carbocycles. The van der Waals surface area contributed by atoms with E-state index in [0.29, 0.717) is 44.0 Å². The van der Waals surface area contributed by atoms with Gasteiger partial charge in [0.15, 0.2) is 5.82 Å². The van der Waals surface area contributed by atoms with E-state index >= 15 is 0 Å². The third-order valence-electron chi connectivity index (χ3n) is 5.61. The quantitative estimate of drug-likeness (QED) is 0.407. The second-order valence-corrected chi connectivity index (χ2v) is 8.34. The Balaban J connectivity index is 1.57. The van der Waals surface area contributed by atoms with Crippen molar-refractivity contribution in [3.8, 4) is 0 Å². The molecule has 4 rings (SSSR count). The van der Waals surface area contributed by atoms with E-state index in [4.69, 9.17) is 0 Å². The van der Waals surface area contributed by atoms with E-state index in [0.717, 1.165) is 27.6 Å². The van der Waals surface area contributed by atoms with Crippen LogP contribution < -0.4 is 5.56 Å². The van der Waals surface area contributed by atoms with Crippen LogP contribution in [0.3, 0.4) is 0 Å². The predicted octanol–water partition coefficient (Wildman–Crippen LogP) is 2.70. The highest BCUT2D eigenvalue weighted by molar-refractivity contribution is 5.82. The van der Waals surface area contributed by atoms with E-state index in [1.54, 1.807) is 16.8 Å². The summed E-state index contributed by atoms with van der Waals surface area (Å²) in [7, 11) is 0. The fraction of sp³-hybridized carbons (Fsp3) is 0.333. The van der Waals surface area contributed by atoms with Crippen LogP contribution in [0.4, 0.5) is 4.39 Å². The van der Waals surface area contributed by atoms with Gasteiger partial charge in [-0.3, -0.25) is 9.69 Å². The molecule has 0 spiro atoms. The molecule has 0 saturated carbocycles. The Kier molecular flexibility index (Phi) is 6.90. The average molecular weight is 451 g/mol. The standard InChI is InChI=1S/C24H27FN6O2/c1-16-10-17(2)23-19(11-16)12-20(24(33)26-23)14-30(8-3-9-32)15-22-27-28-29-31(22)13-18-4-6-21(25)7-5-18/h4-7,10-12,32H,3,8-9,13-15H2,1-2H3,(H,26,33). The van der Waals surface area contributed by atoms with Crippen LogP contribution in [0.2, 0.25) is 0 Å². The highest BCUT2D eigenvalue weighted by atomic mass is 19.1. The van der Waals surface area contributed by atoms with Gasteiger partial charge in [-0.15, -0.1) is 5.10 Å². The number of hydrogen-bond donors (Lipinski definition) is 2. The van der Waals surface area contributed by atoms with Gasteiger partial charge in [0, 0.05) is 25.3 Å². The van der Waals surface area contributed by atoms with Crippen molar-refractivity contribution in [1.29, 1.82) is 0 Å². The number of aryl methyl sites for hydroxylation is 2. The van der Waals surface area contributed by atoms with Gasteiger partial charge in [-0.1, -0.05) is 23.8 Å². The molecule has 2 aromatic heterocycles. The van der Waals surface area contributed by atoms with Crippen LogP contribution >= 0.6 is 0 Å². The second kappa shape index (κ2) is 10.0. The Morgan fingerprint density at radius 1 is 1.12 bits per heavy atom. The maximum absolute atomic E-state index is 13.2. The SMILES string of the molecule is Cc1cc(C)c2[nH]c(=O)c(CN(CCCO)Cc3nnnn3Cc3ccc(F)cc3)cc2c1. The van der Waals surface area contributed by atoms with Crippen LogP contribution in [0, 0.1) is 19.7 Å². The van der Waals surface area contributed by atoms with Crippen LogP contribution in [-0.2, 0) is 19.6 Å². The Morgan fingerprint density at radius 2 is 1.91 bits per heavy atom.